The highest BCUT2D eigenvalue weighted by Crippen LogP contribution is 2.27. The minimum Gasteiger partial charge on any atom is -0.295 e. The van der Waals surface area contributed by atoms with Crippen molar-refractivity contribution in [2.24, 2.45) is 0 Å². The fourth-order valence-corrected chi connectivity index (χ4v) is 4.77. The number of anilines is 2. The normalized spacial score (nSPS) is 11.7. The molecule has 0 aliphatic carbocycles. The predicted octanol–water partition coefficient (Wildman–Crippen LogP) is 3.63. The van der Waals surface area contributed by atoms with Crippen molar-refractivity contribution in [3.63, 3.8) is 0 Å². The van der Waals surface area contributed by atoms with Gasteiger partial charge in [0.15, 0.2) is 5.78 Å². The molecule has 0 amide bonds. The molecule has 0 unspecified atom stereocenters. The van der Waals surface area contributed by atoms with Gasteiger partial charge in [0.2, 0.25) is 0 Å². The Bertz CT molecular complexity index is 1310. The molecule has 3 aromatic carbocycles. The molecule has 2 N–H and O–H groups in total. The van der Waals surface area contributed by atoms with Crippen LogP contribution in [0, 0.1) is 5.82 Å². The molecule has 0 atom stereocenters. The quantitative estimate of drug-likeness (QED) is 0.537. The maximum absolute atomic E-state index is 13.1. The first-order chi connectivity index (χ1) is 14.1. The smallest absolute Gasteiger partial charge is 0.261 e. The van der Waals surface area contributed by atoms with Gasteiger partial charge in [-0.3, -0.25) is 14.2 Å². The first-order valence-electron chi connectivity index (χ1n) is 8.60. The summed E-state index contributed by atoms with van der Waals surface area (Å²) in [5, 5.41) is 0. The van der Waals surface area contributed by atoms with Crippen molar-refractivity contribution in [3.8, 4) is 0 Å². The van der Waals surface area contributed by atoms with Crippen molar-refractivity contribution >= 4 is 37.2 Å². The van der Waals surface area contributed by atoms with E-state index in [9.17, 15) is 26.0 Å². The first-order valence-corrected chi connectivity index (χ1v) is 11.6. The number of rotatable bonds is 7. The van der Waals surface area contributed by atoms with E-state index < -0.39 is 25.9 Å². The highest BCUT2D eigenvalue weighted by atomic mass is 32.2. The molecule has 0 aliphatic heterocycles. The molecule has 0 aromatic heterocycles. The lowest BCUT2D eigenvalue weighted by atomic mass is 10.2. The summed E-state index contributed by atoms with van der Waals surface area (Å²) in [4.78, 5) is 11.2. The lowest BCUT2D eigenvalue weighted by Gasteiger charge is -2.15. The molecule has 0 saturated carbocycles. The van der Waals surface area contributed by atoms with Crippen LogP contribution in [0.4, 0.5) is 15.8 Å². The Morgan fingerprint density at radius 2 is 1.27 bits per heavy atom. The van der Waals surface area contributed by atoms with Gasteiger partial charge in [-0.2, -0.15) is 0 Å². The minimum atomic E-state index is -4.10. The Hall–Kier alpha value is -3.24. The van der Waals surface area contributed by atoms with Crippen molar-refractivity contribution in [3.05, 3.63) is 84.2 Å². The number of para-hydroxylation sites is 2. The second-order valence-electron chi connectivity index (χ2n) is 6.29. The Morgan fingerprint density at radius 3 is 1.80 bits per heavy atom. The number of carbonyl (C=O) groups excluding carboxylic acids is 1. The maximum Gasteiger partial charge on any atom is 0.261 e. The number of ketones is 1. The molecule has 10 heteroatoms. The molecule has 3 rings (SSSR count). The molecular formula is C20H17FN2O5S2. The third-order valence-electron chi connectivity index (χ3n) is 4.09. The molecule has 3 aromatic rings. The van der Waals surface area contributed by atoms with Crippen LogP contribution in [0.15, 0.2) is 82.6 Å². The monoisotopic (exact) mass is 448 g/mol. The van der Waals surface area contributed by atoms with Gasteiger partial charge in [-0.25, -0.2) is 21.2 Å². The summed E-state index contributed by atoms with van der Waals surface area (Å²) in [6, 6.07) is 15.5. The zero-order chi connectivity index (χ0) is 21.9. The molecular weight excluding hydrogens is 431 g/mol. The number of carbonyl (C=O) groups is 1. The van der Waals surface area contributed by atoms with Crippen molar-refractivity contribution < 1.29 is 26.0 Å². The fourth-order valence-electron chi connectivity index (χ4n) is 2.56. The van der Waals surface area contributed by atoms with E-state index in [0.29, 0.717) is 0 Å². The summed E-state index contributed by atoms with van der Waals surface area (Å²) >= 11 is 0. The van der Waals surface area contributed by atoms with Gasteiger partial charge in [-0.05, 0) is 55.5 Å². The Morgan fingerprint density at radius 1 is 0.733 bits per heavy atom. The van der Waals surface area contributed by atoms with Gasteiger partial charge in [0.25, 0.3) is 20.0 Å². The van der Waals surface area contributed by atoms with Crippen LogP contribution < -0.4 is 9.44 Å². The maximum atomic E-state index is 13.1. The summed E-state index contributed by atoms with van der Waals surface area (Å²) in [6.07, 6.45) is 0. The van der Waals surface area contributed by atoms with E-state index in [1.165, 1.54) is 55.5 Å². The number of sulfonamides is 2. The lowest BCUT2D eigenvalue weighted by molar-refractivity contribution is 0.101. The topological polar surface area (TPSA) is 109 Å². The van der Waals surface area contributed by atoms with Crippen molar-refractivity contribution in [1.29, 1.82) is 0 Å². The molecule has 0 saturated heterocycles. The van der Waals surface area contributed by atoms with Gasteiger partial charge < -0.3 is 0 Å². The van der Waals surface area contributed by atoms with Crippen molar-refractivity contribution in [2.75, 3.05) is 9.44 Å². The highest BCUT2D eigenvalue weighted by Gasteiger charge is 2.20. The number of hydrogen-bond donors (Lipinski definition) is 2. The SMILES string of the molecule is CC(=O)c1cccc(S(=O)(=O)Nc2ccccc2NS(=O)(=O)c2ccc(F)cc2)c1. The summed E-state index contributed by atoms with van der Waals surface area (Å²) in [5.74, 6) is -0.880. The zero-order valence-corrected chi connectivity index (χ0v) is 17.3. The average molecular weight is 448 g/mol. The molecule has 7 nitrogen and oxygen atoms in total. The lowest BCUT2D eigenvalue weighted by Crippen LogP contribution is -2.17. The van der Waals surface area contributed by atoms with Crippen LogP contribution in [0.3, 0.4) is 0 Å². The molecule has 0 aliphatic rings. The van der Waals surface area contributed by atoms with Crippen LogP contribution in [-0.4, -0.2) is 22.6 Å². The third kappa shape index (κ3) is 4.84. The van der Waals surface area contributed by atoms with Gasteiger partial charge >= 0.3 is 0 Å². The van der Waals surface area contributed by atoms with E-state index in [0.717, 1.165) is 24.3 Å². The molecule has 0 spiro atoms. The van der Waals surface area contributed by atoms with Crippen LogP contribution >= 0.6 is 0 Å². The van der Waals surface area contributed by atoms with Crippen molar-refractivity contribution in [2.45, 2.75) is 16.7 Å². The second-order valence-corrected chi connectivity index (χ2v) is 9.66. The van der Waals surface area contributed by atoms with E-state index in [1.54, 1.807) is 0 Å². The molecule has 0 fully saturated rings. The zero-order valence-electron chi connectivity index (χ0n) is 15.7. The number of Topliss-reactive ketones (excluding diaryl/α,β-unsaturated/α-hetero) is 1. The molecule has 30 heavy (non-hydrogen) atoms. The summed E-state index contributed by atoms with van der Waals surface area (Å²) in [7, 11) is -8.19. The fraction of sp³-hybridized carbons (Fsp3) is 0.0500. The average Bonchev–Trinajstić information content (AvgIpc) is 2.69. The van der Waals surface area contributed by atoms with Crippen LogP contribution in [0.2, 0.25) is 0 Å². The number of benzene rings is 3. The highest BCUT2D eigenvalue weighted by molar-refractivity contribution is 7.93. The van der Waals surface area contributed by atoms with Crippen LogP contribution in [0.5, 0.6) is 0 Å². The van der Waals surface area contributed by atoms with Gasteiger partial charge in [0.1, 0.15) is 5.82 Å². The summed E-state index contributed by atoms with van der Waals surface area (Å²) in [6.45, 7) is 1.32. The molecule has 0 heterocycles. The summed E-state index contributed by atoms with van der Waals surface area (Å²) in [5.41, 5.74) is 0.188. The predicted molar refractivity (Wildman–Crippen MR) is 111 cm³/mol. The van der Waals surface area contributed by atoms with E-state index >= 15 is 0 Å². The van der Waals surface area contributed by atoms with Crippen LogP contribution in [0.1, 0.15) is 17.3 Å². The third-order valence-corrected chi connectivity index (χ3v) is 6.84. The number of hydrogen-bond acceptors (Lipinski definition) is 5. The first kappa shape index (κ1) is 21.5. The standard InChI is InChI=1S/C20H17FN2O5S2/c1-14(24)15-5-4-6-18(13-15)30(27,28)23-20-8-3-2-7-19(20)22-29(25,26)17-11-9-16(21)10-12-17/h2-13,22-23H,1H3. The van der Waals surface area contributed by atoms with E-state index in [1.807, 2.05) is 0 Å². The summed E-state index contributed by atoms with van der Waals surface area (Å²) < 4.78 is 68.4. The number of halogens is 1. The largest absolute Gasteiger partial charge is 0.295 e. The van der Waals surface area contributed by atoms with Crippen molar-refractivity contribution in [1.82, 2.24) is 0 Å². The van der Waals surface area contributed by atoms with E-state index in [2.05, 4.69) is 9.44 Å². The van der Waals surface area contributed by atoms with Gasteiger partial charge in [0, 0.05) is 5.56 Å². The Kier molecular flexibility index (Phi) is 5.90. The van der Waals surface area contributed by atoms with Crippen LogP contribution in [0.25, 0.3) is 0 Å². The number of nitrogens with one attached hydrogen (secondary N) is 2. The van der Waals surface area contributed by atoms with Gasteiger partial charge in [-0.15, -0.1) is 0 Å². The Balaban J connectivity index is 1.93. The Labute approximate surface area is 173 Å². The second kappa shape index (κ2) is 8.25. The van der Waals surface area contributed by atoms with Crippen LogP contribution in [-0.2, 0) is 20.0 Å². The van der Waals surface area contributed by atoms with E-state index in [-0.39, 0.29) is 32.5 Å². The molecule has 0 bridgehead atoms. The minimum absolute atomic E-state index is 0.0172. The molecule has 156 valence electrons. The van der Waals surface area contributed by atoms with Gasteiger partial charge in [0.05, 0.1) is 21.2 Å². The van der Waals surface area contributed by atoms with E-state index in [4.69, 9.17) is 0 Å². The molecule has 0 radical (unpaired) electrons. The van der Waals surface area contributed by atoms with Gasteiger partial charge in [-0.1, -0.05) is 24.3 Å².